The zero-order valence-corrected chi connectivity index (χ0v) is 15.4. The van der Waals surface area contributed by atoms with Crippen LogP contribution in [-0.2, 0) is 11.3 Å². The van der Waals surface area contributed by atoms with Crippen LogP contribution in [0.1, 0.15) is 5.56 Å². The van der Waals surface area contributed by atoms with Gasteiger partial charge in [0.15, 0.2) is 5.37 Å². The minimum Gasteiger partial charge on any atom is -0.347 e. The van der Waals surface area contributed by atoms with Gasteiger partial charge in [-0.15, -0.1) is 0 Å². The van der Waals surface area contributed by atoms with Crippen LogP contribution in [0.4, 0.5) is 10.5 Å². The number of para-hydroxylation sites is 1. The molecule has 1 aliphatic rings. The molecule has 24 heavy (non-hydrogen) atoms. The van der Waals surface area contributed by atoms with Crippen LogP contribution in [0.3, 0.4) is 0 Å². The van der Waals surface area contributed by atoms with Crippen LogP contribution in [0.15, 0.2) is 60.7 Å². The lowest BCUT2D eigenvalue weighted by atomic mass is 10.2. The minimum atomic E-state index is -0.529. The summed E-state index contributed by atoms with van der Waals surface area (Å²) in [6, 6.07) is 19.7. The van der Waals surface area contributed by atoms with Crippen LogP contribution in [-0.4, -0.2) is 33.3 Å². The number of imide groups is 1. The van der Waals surface area contributed by atoms with Crippen LogP contribution < -0.4 is 4.90 Å². The van der Waals surface area contributed by atoms with Crippen LogP contribution >= 0.6 is 27.7 Å². The molecule has 0 bridgehead atoms. The molecule has 0 aliphatic carbocycles. The van der Waals surface area contributed by atoms with Gasteiger partial charge < -0.3 is 4.90 Å². The van der Waals surface area contributed by atoms with Gasteiger partial charge in [0.05, 0.1) is 0 Å². The highest BCUT2D eigenvalue weighted by atomic mass is 79.9. The van der Waals surface area contributed by atoms with Crippen molar-refractivity contribution in [3.8, 4) is 0 Å². The number of carbonyl (C=O) groups excluding carboxylic acids is 2. The SMILES string of the molecule is O=C1S[C@@H](N(Cc2ccccc2)c2ccccc2)C(=O)N1CCBr. The molecule has 124 valence electrons. The average Bonchev–Trinajstić information content (AvgIpc) is 2.90. The first-order valence-electron chi connectivity index (χ1n) is 7.64. The zero-order valence-electron chi connectivity index (χ0n) is 13.0. The third-order valence-electron chi connectivity index (χ3n) is 3.78. The van der Waals surface area contributed by atoms with Crippen molar-refractivity contribution in [2.75, 3.05) is 16.8 Å². The Labute approximate surface area is 154 Å². The Kier molecular flexibility index (Phi) is 5.58. The van der Waals surface area contributed by atoms with E-state index < -0.39 is 5.37 Å². The van der Waals surface area contributed by atoms with Gasteiger partial charge in [0.1, 0.15) is 0 Å². The zero-order chi connectivity index (χ0) is 16.9. The molecule has 1 atom stereocenters. The Hall–Kier alpha value is -1.79. The van der Waals surface area contributed by atoms with Gasteiger partial charge in [-0.1, -0.05) is 64.5 Å². The molecule has 0 unspecified atom stereocenters. The summed E-state index contributed by atoms with van der Waals surface area (Å²) in [6.07, 6.45) is 0. The van der Waals surface area contributed by atoms with E-state index in [0.29, 0.717) is 18.4 Å². The molecule has 1 fully saturated rings. The van der Waals surface area contributed by atoms with E-state index in [1.165, 1.54) is 4.90 Å². The summed E-state index contributed by atoms with van der Waals surface area (Å²) in [6.45, 7) is 0.971. The molecule has 1 saturated heterocycles. The van der Waals surface area contributed by atoms with Crippen molar-refractivity contribution < 1.29 is 9.59 Å². The second-order valence-corrected chi connectivity index (χ2v) is 7.19. The van der Waals surface area contributed by atoms with E-state index in [0.717, 1.165) is 23.0 Å². The van der Waals surface area contributed by atoms with Crippen molar-refractivity contribution in [3.05, 3.63) is 66.2 Å². The highest BCUT2D eigenvalue weighted by molar-refractivity contribution is 9.09. The van der Waals surface area contributed by atoms with Gasteiger partial charge in [-0.05, 0) is 29.5 Å². The molecule has 0 aromatic heterocycles. The molecule has 3 rings (SSSR count). The molecule has 1 heterocycles. The van der Waals surface area contributed by atoms with Gasteiger partial charge in [-0.2, -0.15) is 0 Å². The Balaban J connectivity index is 1.90. The fourth-order valence-corrected chi connectivity index (χ4v) is 4.03. The predicted octanol–water partition coefficient (Wildman–Crippen LogP) is 4.11. The fourth-order valence-electron chi connectivity index (χ4n) is 2.62. The maximum atomic E-state index is 12.7. The summed E-state index contributed by atoms with van der Waals surface area (Å²) in [5.74, 6) is -0.149. The number of rotatable bonds is 6. The molecule has 1 aliphatic heterocycles. The maximum Gasteiger partial charge on any atom is 0.290 e. The van der Waals surface area contributed by atoms with Gasteiger partial charge >= 0.3 is 0 Å². The molecule has 0 saturated carbocycles. The highest BCUT2D eigenvalue weighted by Crippen LogP contribution is 2.33. The van der Waals surface area contributed by atoms with E-state index in [2.05, 4.69) is 15.9 Å². The third kappa shape index (κ3) is 3.65. The third-order valence-corrected chi connectivity index (χ3v) is 5.24. The van der Waals surface area contributed by atoms with Crippen molar-refractivity contribution in [2.24, 2.45) is 0 Å². The van der Waals surface area contributed by atoms with Gasteiger partial charge in [0.25, 0.3) is 11.1 Å². The molecule has 2 aromatic rings. The lowest BCUT2D eigenvalue weighted by Gasteiger charge is -2.29. The number of benzene rings is 2. The fraction of sp³-hybridized carbons (Fsp3) is 0.222. The first kappa shape index (κ1) is 17.0. The van der Waals surface area contributed by atoms with Crippen LogP contribution in [0.25, 0.3) is 0 Å². The molecule has 6 heteroatoms. The maximum absolute atomic E-state index is 12.7. The monoisotopic (exact) mass is 404 g/mol. The van der Waals surface area contributed by atoms with Crippen LogP contribution in [0.5, 0.6) is 0 Å². The first-order valence-corrected chi connectivity index (χ1v) is 9.64. The predicted molar refractivity (Wildman–Crippen MR) is 101 cm³/mol. The van der Waals surface area contributed by atoms with E-state index >= 15 is 0 Å². The highest BCUT2D eigenvalue weighted by Gasteiger charge is 2.42. The smallest absolute Gasteiger partial charge is 0.290 e. The lowest BCUT2D eigenvalue weighted by molar-refractivity contribution is -0.126. The first-order chi connectivity index (χ1) is 11.7. The summed E-state index contributed by atoms with van der Waals surface area (Å²) in [5, 5.41) is -0.125. The molecule has 0 N–H and O–H groups in total. The number of thioether (sulfide) groups is 1. The minimum absolute atomic E-state index is 0.149. The molecule has 0 spiro atoms. The second-order valence-electron chi connectivity index (χ2n) is 5.36. The molecule has 0 radical (unpaired) electrons. The van der Waals surface area contributed by atoms with Crippen molar-refractivity contribution in [1.29, 1.82) is 0 Å². The molecular weight excluding hydrogens is 388 g/mol. The van der Waals surface area contributed by atoms with Crippen molar-refractivity contribution >= 4 is 44.5 Å². The largest absolute Gasteiger partial charge is 0.347 e. The van der Waals surface area contributed by atoms with Gasteiger partial charge in [-0.25, -0.2) is 0 Å². The van der Waals surface area contributed by atoms with E-state index in [9.17, 15) is 9.59 Å². The summed E-state index contributed by atoms with van der Waals surface area (Å²) >= 11 is 4.39. The van der Waals surface area contributed by atoms with E-state index in [1.807, 2.05) is 65.6 Å². The number of amides is 2. The van der Waals surface area contributed by atoms with Crippen LogP contribution in [0, 0.1) is 0 Å². The summed E-state index contributed by atoms with van der Waals surface area (Å²) in [4.78, 5) is 28.2. The van der Waals surface area contributed by atoms with E-state index in [-0.39, 0.29) is 11.1 Å². The van der Waals surface area contributed by atoms with E-state index in [1.54, 1.807) is 0 Å². The van der Waals surface area contributed by atoms with Gasteiger partial charge in [0, 0.05) is 24.1 Å². The van der Waals surface area contributed by atoms with E-state index in [4.69, 9.17) is 0 Å². The number of anilines is 1. The van der Waals surface area contributed by atoms with Crippen molar-refractivity contribution in [1.82, 2.24) is 4.90 Å². The second kappa shape index (κ2) is 7.85. The number of carbonyl (C=O) groups is 2. The topological polar surface area (TPSA) is 40.6 Å². The average molecular weight is 405 g/mol. The number of alkyl halides is 1. The lowest BCUT2D eigenvalue weighted by Crippen LogP contribution is -2.41. The molecule has 2 aromatic carbocycles. The summed E-state index contributed by atoms with van der Waals surface area (Å²) in [7, 11) is 0. The molecule has 2 amide bonds. The quantitative estimate of drug-likeness (QED) is 0.679. The van der Waals surface area contributed by atoms with Crippen molar-refractivity contribution in [3.63, 3.8) is 0 Å². The normalized spacial score (nSPS) is 17.4. The van der Waals surface area contributed by atoms with Gasteiger partial charge in [0.2, 0.25) is 0 Å². The Morgan fingerprint density at radius 2 is 1.62 bits per heavy atom. The van der Waals surface area contributed by atoms with Crippen LogP contribution in [0.2, 0.25) is 0 Å². The Morgan fingerprint density at radius 3 is 2.25 bits per heavy atom. The number of hydrogen-bond donors (Lipinski definition) is 0. The van der Waals surface area contributed by atoms with Gasteiger partial charge in [-0.3, -0.25) is 14.5 Å². The standard InChI is InChI=1S/C18H17BrN2O2S/c19-11-12-20-16(22)17(24-18(20)23)21(15-9-5-2-6-10-15)13-14-7-3-1-4-8-14/h1-10,17H,11-13H2/t17-/m1/s1. The number of halogens is 1. The number of hydrogen-bond acceptors (Lipinski definition) is 4. The number of nitrogens with zero attached hydrogens (tertiary/aromatic N) is 2. The Morgan fingerprint density at radius 1 is 1.00 bits per heavy atom. The molecular formula is C18H17BrN2O2S. The summed E-state index contributed by atoms with van der Waals surface area (Å²) in [5.41, 5.74) is 2.03. The summed E-state index contributed by atoms with van der Waals surface area (Å²) < 4.78 is 0. The molecule has 4 nitrogen and oxygen atoms in total. The Bertz CT molecular complexity index is 711. The van der Waals surface area contributed by atoms with Crippen molar-refractivity contribution in [2.45, 2.75) is 11.9 Å².